The molecule has 1 heterocycles. The molecule has 0 spiro atoms. The van der Waals surface area contributed by atoms with Gasteiger partial charge in [-0.05, 0) is 46.1 Å². The van der Waals surface area contributed by atoms with Crippen molar-refractivity contribution in [3.63, 3.8) is 0 Å². The Morgan fingerprint density at radius 2 is 2.18 bits per heavy atom. The summed E-state index contributed by atoms with van der Waals surface area (Å²) in [4.78, 5) is 14.0. The zero-order chi connectivity index (χ0) is 12.9. The molecule has 1 saturated heterocycles. The Hall–Kier alpha value is -0.830. The van der Waals surface area contributed by atoms with E-state index >= 15 is 0 Å². The van der Waals surface area contributed by atoms with Gasteiger partial charge in [-0.25, -0.2) is 0 Å². The molecule has 0 radical (unpaired) electrons. The van der Waals surface area contributed by atoms with Crippen LogP contribution in [0.2, 0.25) is 0 Å². The molecule has 1 aliphatic rings. The fraction of sp³-hybridized carbons (Fsp3) is 0.786. The van der Waals surface area contributed by atoms with E-state index < -0.39 is 0 Å². The molecule has 0 bridgehead atoms. The molecule has 3 nitrogen and oxygen atoms in total. The van der Waals surface area contributed by atoms with Crippen molar-refractivity contribution in [2.24, 2.45) is 5.92 Å². The van der Waals surface area contributed by atoms with Crippen molar-refractivity contribution in [3.8, 4) is 0 Å². The monoisotopic (exact) mass is 238 g/mol. The number of amides is 1. The van der Waals surface area contributed by atoms with Gasteiger partial charge in [-0.15, -0.1) is 0 Å². The van der Waals surface area contributed by atoms with Gasteiger partial charge in [-0.3, -0.25) is 9.69 Å². The lowest BCUT2D eigenvalue weighted by Crippen LogP contribution is -2.39. The first-order valence-corrected chi connectivity index (χ1v) is 6.58. The molecule has 1 aliphatic heterocycles. The number of carbonyl (C=O) groups excluding carboxylic acids is 1. The van der Waals surface area contributed by atoms with Crippen LogP contribution in [0, 0.1) is 5.92 Å². The van der Waals surface area contributed by atoms with E-state index in [0.29, 0.717) is 0 Å². The third-order valence-electron chi connectivity index (χ3n) is 2.87. The largest absolute Gasteiger partial charge is 0.348 e. The third kappa shape index (κ3) is 6.47. The van der Waals surface area contributed by atoms with E-state index in [9.17, 15) is 4.79 Å². The SMILES string of the molecule is CC1CCCN(C/C=C/C(=O)NC(C)(C)C)C1. The predicted octanol–water partition coefficient (Wildman–Crippen LogP) is 2.19. The second-order valence-electron chi connectivity index (χ2n) is 6.15. The lowest BCUT2D eigenvalue weighted by Gasteiger charge is -2.29. The Bertz CT molecular complexity index is 278. The number of hydrogen-bond donors (Lipinski definition) is 1. The van der Waals surface area contributed by atoms with E-state index in [1.807, 2.05) is 26.8 Å². The fourth-order valence-corrected chi connectivity index (χ4v) is 2.17. The molecule has 17 heavy (non-hydrogen) atoms. The molecule has 0 aromatic rings. The molecule has 1 amide bonds. The highest BCUT2D eigenvalue weighted by atomic mass is 16.1. The maximum Gasteiger partial charge on any atom is 0.244 e. The van der Waals surface area contributed by atoms with Crippen molar-refractivity contribution in [2.75, 3.05) is 19.6 Å². The summed E-state index contributed by atoms with van der Waals surface area (Å²) < 4.78 is 0. The number of carbonyl (C=O) groups is 1. The van der Waals surface area contributed by atoms with E-state index in [2.05, 4.69) is 17.1 Å². The molecular formula is C14H26N2O. The minimum atomic E-state index is -0.152. The first-order valence-electron chi connectivity index (χ1n) is 6.58. The smallest absolute Gasteiger partial charge is 0.244 e. The van der Waals surface area contributed by atoms with Crippen LogP contribution in [0.3, 0.4) is 0 Å². The van der Waals surface area contributed by atoms with Gasteiger partial charge in [0.2, 0.25) is 5.91 Å². The van der Waals surface area contributed by atoms with Crippen LogP contribution in [-0.2, 0) is 4.79 Å². The molecule has 98 valence electrons. The second kappa shape index (κ2) is 6.20. The molecule has 1 rings (SSSR count). The maximum absolute atomic E-state index is 11.5. The van der Waals surface area contributed by atoms with Gasteiger partial charge in [0.25, 0.3) is 0 Å². The molecular weight excluding hydrogens is 212 g/mol. The summed E-state index contributed by atoms with van der Waals surface area (Å²) in [6.07, 6.45) is 6.25. The predicted molar refractivity (Wildman–Crippen MR) is 71.9 cm³/mol. The van der Waals surface area contributed by atoms with Gasteiger partial charge >= 0.3 is 0 Å². The number of likely N-dealkylation sites (tertiary alicyclic amines) is 1. The summed E-state index contributed by atoms with van der Waals surface area (Å²) in [5.74, 6) is 0.795. The number of nitrogens with one attached hydrogen (secondary N) is 1. The number of rotatable bonds is 3. The van der Waals surface area contributed by atoms with E-state index in [4.69, 9.17) is 0 Å². The molecule has 0 aliphatic carbocycles. The van der Waals surface area contributed by atoms with E-state index in [-0.39, 0.29) is 11.4 Å². The Kier molecular flexibility index (Phi) is 5.19. The van der Waals surface area contributed by atoms with Crippen molar-refractivity contribution in [1.82, 2.24) is 10.2 Å². The van der Waals surface area contributed by atoms with E-state index in [0.717, 1.165) is 25.6 Å². The Morgan fingerprint density at radius 3 is 2.76 bits per heavy atom. The summed E-state index contributed by atoms with van der Waals surface area (Å²) in [5, 5.41) is 2.92. The van der Waals surface area contributed by atoms with Crippen LogP contribution < -0.4 is 5.32 Å². The van der Waals surface area contributed by atoms with Gasteiger partial charge in [-0.2, -0.15) is 0 Å². The number of piperidine rings is 1. The average Bonchev–Trinajstić information content (AvgIpc) is 2.14. The number of hydrogen-bond acceptors (Lipinski definition) is 2. The summed E-state index contributed by atoms with van der Waals surface area (Å²) in [7, 11) is 0. The summed E-state index contributed by atoms with van der Waals surface area (Å²) in [6, 6.07) is 0. The van der Waals surface area contributed by atoms with Crippen LogP contribution in [0.4, 0.5) is 0 Å². The van der Waals surface area contributed by atoms with Crippen LogP contribution in [0.1, 0.15) is 40.5 Å². The zero-order valence-corrected chi connectivity index (χ0v) is 11.6. The molecule has 0 aromatic carbocycles. The number of nitrogens with zero attached hydrogens (tertiary/aromatic N) is 1. The van der Waals surface area contributed by atoms with E-state index in [1.165, 1.54) is 12.8 Å². The summed E-state index contributed by atoms with van der Waals surface area (Å²) in [5.41, 5.74) is -0.152. The van der Waals surface area contributed by atoms with Crippen LogP contribution in [0.5, 0.6) is 0 Å². The van der Waals surface area contributed by atoms with E-state index in [1.54, 1.807) is 6.08 Å². The quantitative estimate of drug-likeness (QED) is 0.764. The van der Waals surface area contributed by atoms with Gasteiger partial charge in [0.1, 0.15) is 0 Å². The molecule has 0 aromatic heterocycles. The van der Waals surface area contributed by atoms with Crippen molar-refractivity contribution in [1.29, 1.82) is 0 Å². The van der Waals surface area contributed by atoms with Crippen molar-refractivity contribution >= 4 is 5.91 Å². The van der Waals surface area contributed by atoms with Gasteiger partial charge < -0.3 is 5.32 Å². The zero-order valence-electron chi connectivity index (χ0n) is 11.6. The molecule has 1 N–H and O–H groups in total. The topological polar surface area (TPSA) is 32.3 Å². The molecule has 1 fully saturated rings. The lowest BCUT2D eigenvalue weighted by atomic mass is 10.0. The van der Waals surface area contributed by atoms with Crippen LogP contribution in [0.25, 0.3) is 0 Å². The van der Waals surface area contributed by atoms with Gasteiger partial charge in [-0.1, -0.05) is 13.0 Å². The molecule has 1 atom stereocenters. The van der Waals surface area contributed by atoms with Crippen molar-refractivity contribution in [3.05, 3.63) is 12.2 Å². The van der Waals surface area contributed by atoms with Gasteiger partial charge in [0, 0.05) is 24.7 Å². The minimum Gasteiger partial charge on any atom is -0.348 e. The molecule has 3 heteroatoms. The highest BCUT2D eigenvalue weighted by Crippen LogP contribution is 2.14. The normalized spacial score (nSPS) is 22.9. The minimum absolute atomic E-state index is 0.00237. The van der Waals surface area contributed by atoms with Gasteiger partial charge in [0.15, 0.2) is 0 Å². The van der Waals surface area contributed by atoms with Crippen molar-refractivity contribution < 1.29 is 4.79 Å². The second-order valence-corrected chi connectivity index (χ2v) is 6.15. The van der Waals surface area contributed by atoms with Crippen molar-refractivity contribution in [2.45, 2.75) is 46.1 Å². The molecule has 0 saturated carbocycles. The first-order chi connectivity index (χ1) is 7.87. The third-order valence-corrected chi connectivity index (χ3v) is 2.87. The lowest BCUT2D eigenvalue weighted by molar-refractivity contribution is -0.117. The van der Waals surface area contributed by atoms with Gasteiger partial charge in [0.05, 0.1) is 0 Å². The first kappa shape index (κ1) is 14.2. The highest BCUT2D eigenvalue weighted by molar-refractivity contribution is 5.87. The van der Waals surface area contributed by atoms with Crippen LogP contribution in [0.15, 0.2) is 12.2 Å². The average molecular weight is 238 g/mol. The Balaban J connectivity index is 2.27. The Morgan fingerprint density at radius 1 is 1.47 bits per heavy atom. The maximum atomic E-state index is 11.5. The van der Waals surface area contributed by atoms with Crippen LogP contribution >= 0.6 is 0 Å². The summed E-state index contributed by atoms with van der Waals surface area (Å²) in [6.45, 7) is 11.5. The Labute approximate surface area is 105 Å². The van der Waals surface area contributed by atoms with Crippen LogP contribution in [-0.4, -0.2) is 36.0 Å². The fourth-order valence-electron chi connectivity index (χ4n) is 2.17. The summed E-state index contributed by atoms with van der Waals surface area (Å²) >= 11 is 0. The highest BCUT2D eigenvalue weighted by Gasteiger charge is 2.15. The standard InChI is InChI=1S/C14H26N2O/c1-12-7-5-9-16(11-12)10-6-8-13(17)15-14(2,3)4/h6,8,12H,5,7,9-11H2,1-4H3,(H,15,17)/b8-6+. The molecule has 1 unspecified atom stereocenters.